The highest BCUT2D eigenvalue weighted by Crippen LogP contribution is 2.46. The monoisotopic (exact) mass is 759 g/mol. The van der Waals surface area contributed by atoms with Gasteiger partial charge >= 0.3 is 0 Å². The molecule has 0 unspecified atom stereocenters. The van der Waals surface area contributed by atoms with Crippen molar-refractivity contribution in [2.45, 2.75) is 12.8 Å². The molecule has 4 nitrogen and oxygen atoms in total. The van der Waals surface area contributed by atoms with Crippen molar-refractivity contribution in [3.8, 4) is 21.9 Å². The third-order valence-electron chi connectivity index (χ3n) is 12.3. The molecule has 0 saturated carbocycles. The third kappa shape index (κ3) is 4.53. The Hall–Kier alpha value is -7.21. The average molecular weight is 760 g/mol. The van der Waals surface area contributed by atoms with Crippen LogP contribution in [-0.4, -0.2) is 14.1 Å². The molecule has 0 amide bonds. The number of rotatable bonds is 4. The van der Waals surface area contributed by atoms with Crippen LogP contribution < -0.4 is 0 Å². The topological polar surface area (TPSA) is 35.9 Å². The first-order valence-corrected chi connectivity index (χ1v) is 20.7. The summed E-state index contributed by atoms with van der Waals surface area (Å²) in [5.41, 5.74) is 16.2. The van der Waals surface area contributed by atoms with Gasteiger partial charge < -0.3 is 8.98 Å². The molecule has 0 bridgehead atoms. The second-order valence-electron chi connectivity index (χ2n) is 15.4. The molecule has 0 atom stereocenters. The molecule has 0 saturated heterocycles. The van der Waals surface area contributed by atoms with Crippen LogP contribution in [0.15, 0.2) is 174 Å². The van der Waals surface area contributed by atoms with Gasteiger partial charge in [0.1, 0.15) is 11.2 Å². The normalized spacial score (nSPS) is 13.1. The van der Waals surface area contributed by atoms with Crippen molar-refractivity contribution in [3.63, 3.8) is 0 Å². The molecule has 272 valence electrons. The summed E-state index contributed by atoms with van der Waals surface area (Å²) in [5.74, 6) is 0. The van der Waals surface area contributed by atoms with Crippen molar-refractivity contribution >= 4 is 98.8 Å². The Morgan fingerprint density at radius 2 is 1.24 bits per heavy atom. The van der Waals surface area contributed by atoms with Gasteiger partial charge in [0.2, 0.25) is 0 Å². The van der Waals surface area contributed by atoms with Crippen LogP contribution in [0.1, 0.15) is 23.1 Å². The van der Waals surface area contributed by atoms with E-state index in [1.165, 1.54) is 60.4 Å². The van der Waals surface area contributed by atoms with Crippen molar-refractivity contribution in [3.05, 3.63) is 187 Å². The highest BCUT2D eigenvalue weighted by atomic mass is 32.1. The number of aryl methyl sites for hydroxylation is 1. The van der Waals surface area contributed by atoms with Crippen molar-refractivity contribution in [1.29, 1.82) is 0 Å². The summed E-state index contributed by atoms with van der Waals surface area (Å²) in [4.78, 5) is 5.54. The number of para-hydroxylation sites is 4. The fourth-order valence-corrected chi connectivity index (χ4v) is 10.7. The molecule has 0 aliphatic heterocycles. The summed E-state index contributed by atoms with van der Waals surface area (Å²) in [6.45, 7) is 0. The van der Waals surface area contributed by atoms with Crippen LogP contribution in [0.2, 0.25) is 0 Å². The Bertz CT molecular complexity index is 3690. The molecule has 8 aromatic carbocycles. The zero-order chi connectivity index (χ0) is 37.9. The van der Waals surface area contributed by atoms with Gasteiger partial charge in [-0.15, -0.1) is 0 Å². The minimum atomic E-state index is 0.891. The molecule has 0 N–H and O–H groups in total. The molecule has 1 aliphatic rings. The van der Waals surface area contributed by atoms with E-state index >= 15 is 0 Å². The number of hydrogen-bond donors (Lipinski definition) is 0. The van der Waals surface area contributed by atoms with Gasteiger partial charge in [0.15, 0.2) is 5.13 Å². The second-order valence-corrected chi connectivity index (χ2v) is 16.4. The summed E-state index contributed by atoms with van der Waals surface area (Å²) in [6, 6.07) is 61.4. The van der Waals surface area contributed by atoms with Crippen molar-refractivity contribution < 1.29 is 4.42 Å². The summed E-state index contributed by atoms with van der Waals surface area (Å²) in [7, 11) is 0. The van der Waals surface area contributed by atoms with E-state index in [0.717, 1.165) is 72.4 Å². The van der Waals surface area contributed by atoms with Gasteiger partial charge in [-0.3, -0.25) is 4.57 Å². The van der Waals surface area contributed by atoms with E-state index in [1.807, 2.05) is 0 Å². The van der Waals surface area contributed by atoms with E-state index in [0.29, 0.717) is 0 Å². The fraction of sp³-hybridized carbons (Fsp3) is 0.0377. The van der Waals surface area contributed by atoms with E-state index in [4.69, 9.17) is 9.40 Å². The van der Waals surface area contributed by atoms with Crippen LogP contribution in [0.3, 0.4) is 0 Å². The largest absolute Gasteiger partial charge is 0.455 e. The van der Waals surface area contributed by atoms with Crippen LogP contribution in [0.25, 0.3) is 109 Å². The van der Waals surface area contributed by atoms with Crippen LogP contribution in [-0.2, 0) is 6.42 Å². The Kier molecular flexibility index (Phi) is 6.69. The van der Waals surface area contributed by atoms with Gasteiger partial charge in [0, 0.05) is 38.2 Å². The lowest BCUT2D eigenvalue weighted by atomic mass is 9.88. The number of hydrogen-bond acceptors (Lipinski definition) is 3. The Balaban J connectivity index is 1.05. The summed E-state index contributed by atoms with van der Waals surface area (Å²) in [6.07, 6.45) is 4.34. The minimum absolute atomic E-state index is 0.891. The van der Waals surface area contributed by atoms with E-state index in [2.05, 4.69) is 185 Å². The van der Waals surface area contributed by atoms with Crippen molar-refractivity contribution in [2.24, 2.45) is 0 Å². The maximum absolute atomic E-state index is 6.74. The lowest BCUT2D eigenvalue weighted by Gasteiger charge is -2.17. The third-order valence-corrected chi connectivity index (χ3v) is 13.3. The Morgan fingerprint density at radius 3 is 2.14 bits per heavy atom. The SMILES string of the molecule is C1=C(c2cc3sc(-n4c5ccccc5c5c(-c6ccc7c8ccccc8n(-c8ccccc8)c7c6)cccc54)nc3c3c2oc2ccccc23)CCc2ccccc21. The summed E-state index contributed by atoms with van der Waals surface area (Å²) in [5, 5.41) is 8.08. The lowest BCUT2D eigenvalue weighted by Crippen LogP contribution is -1.99. The van der Waals surface area contributed by atoms with Crippen molar-refractivity contribution in [2.75, 3.05) is 0 Å². The van der Waals surface area contributed by atoms with Crippen LogP contribution >= 0.6 is 11.3 Å². The molecule has 0 fully saturated rings. The Labute approximate surface area is 337 Å². The standard InChI is InChI=1S/C53H33N3OS/c1-2-15-36(16-3-1)55-43-21-9-6-17-38(43)39-28-27-35(30-46(39)55)37-20-12-23-45-49(37)40-18-7-10-22-44(40)56(45)53-54-51-48(58-53)31-42(34-26-25-32-13-4-5-14-33(32)29-34)52-50(51)41-19-8-11-24-47(41)57-52/h1-24,27-31H,25-26H2. The molecule has 0 spiro atoms. The quantitative estimate of drug-likeness (QED) is 0.179. The van der Waals surface area contributed by atoms with E-state index in [9.17, 15) is 0 Å². The van der Waals surface area contributed by atoms with E-state index < -0.39 is 0 Å². The first-order chi connectivity index (χ1) is 28.8. The molecule has 4 aromatic heterocycles. The number of nitrogens with zero attached hydrogens (tertiary/aromatic N) is 3. The lowest BCUT2D eigenvalue weighted by molar-refractivity contribution is 0.667. The van der Waals surface area contributed by atoms with Gasteiger partial charge in [-0.25, -0.2) is 4.98 Å². The predicted octanol–water partition coefficient (Wildman–Crippen LogP) is 14.5. The molecular weight excluding hydrogens is 727 g/mol. The summed E-state index contributed by atoms with van der Waals surface area (Å²) < 4.78 is 12.7. The number of allylic oxidation sites excluding steroid dienone is 1. The minimum Gasteiger partial charge on any atom is -0.455 e. The van der Waals surface area contributed by atoms with Crippen LogP contribution in [0, 0.1) is 0 Å². The van der Waals surface area contributed by atoms with Gasteiger partial charge in [-0.1, -0.05) is 139 Å². The zero-order valence-corrected chi connectivity index (χ0v) is 32.1. The number of aromatic nitrogens is 3. The first-order valence-electron chi connectivity index (χ1n) is 19.9. The fourth-order valence-electron chi connectivity index (χ4n) is 9.70. The van der Waals surface area contributed by atoms with Gasteiger partial charge in [-0.2, -0.15) is 0 Å². The maximum Gasteiger partial charge on any atom is 0.195 e. The van der Waals surface area contributed by atoms with Gasteiger partial charge in [0.25, 0.3) is 0 Å². The molecular formula is C53H33N3OS. The van der Waals surface area contributed by atoms with Crippen LogP contribution in [0.4, 0.5) is 0 Å². The van der Waals surface area contributed by atoms with E-state index in [1.54, 1.807) is 11.3 Å². The smallest absolute Gasteiger partial charge is 0.195 e. The predicted molar refractivity (Wildman–Crippen MR) is 244 cm³/mol. The molecule has 1 aliphatic carbocycles. The van der Waals surface area contributed by atoms with Crippen molar-refractivity contribution in [1.82, 2.24) is 14.1 Å². The second kappa shape index (κ2) is 12.1. The number of thiazole rings is 1. The molecule has 0 radical (unpaired) electrons. The van der Waals surface area contributed by atoms with Gasteiger partial charge in [-0.05, 0) is 89.2 Å². The molecule has 58 heavy (non-hydrogen) atoms. The van der Waals surface area contributed by atoms with Gasteiger partial charge in [0.05, 0.1) is 37.7 Å². The highest BCUT2D eigenvalue weighted by molar-refractivity contribution is 7.21. The zero-order valence-electron chi connectivity index (χ0n) is 31.3. The molecule has 13 rings (SSSR count). The van der Waals surface area contributed by atoms with Crippen LogP contribution in [0.5, 0.6) is 0 Å². The van der Waals surface area contributed by atoms with E-state index in [-0.39, 0.29) is 0 Å². The molecule has 4 heterocycles. The molecule has 12 aromatic rings. The summed E-state index contributed by atoms with van der Waals surface area (Å²) >= 11 is 1.76. The average Bonchev–Trinajstić information content (AvgIpc) is 4.05. The molecule has 5 heteroatoms. The Morgan fingerprint density at radius 1 is 0.517 bits per heavy atom. The highest BCUT2D eigenvalue weighted by Gasteiger charge is 2.24. The number of benzene rings is 8. The number of fused-ring (bicyclic) bond motifs is 12. The number of furan rings is 1. The maximum atomic E-state index is 6.74. The first kappa shape index (κ1) is 31.9.